The van der Waals surface area contributed by atoms with E-state index < -0.39 is 5.56 Å². The lowest BCUT2D eigenvalue weighted by Gasteiger charge is -2.12. The van der Waals surface area contributed by atoms with Gasteiger partial charge in [0.25, 0.3) is 5.56 Å². The van der Waals surface area contributed by atoms with Gasteiger partial charge in [0.05, 0.1) is 5.02 Å². The number of nitriles is 1. The Bertz CT molecular complexity index is 897. The van der Waals surface area contributed by atoms with Gasteiger partial charge in [-0.2, -0.15) is 5.26 Å². The van der Waals surface area contributed by atoms with Crippen LogP contribution in [0.25, 0.3) is 0 Å². The van der Waals surface area contributed by atoms with E-state index in [-0.39, 0.29) is 17.1 Å². The molecule has 2 rings (SSSR count). The second-order valence-electron chi connectivity index (χ2n) is 5.60. The van der Waals surface area contributed by atoms with Gasteiger partial charge < -0.3 is 5.11 Å². The molecule has 7 heteroatoms. The zero-order chi connectivity index (χ0) is 18.4. The zero-order valence-electron chi connectivity index (χ0n) is 14.2. The van der Waals surface area contributed by atoms with Crippen LogP contribution < -0.4 is 5.56 Å². The van der Waals surface area contributed by atoms with E-state index in [0.29, 0.717) is 22.8 Å². The van der Waals surface area contributed by atoms with Crippen molar-refractivity contribution in [1.29, 1.82) is 5.26 Å². The van der Waals surface area contributed by atoms with Crippen LogP contribution in [0.1, 0.15) is 37.3 Å². The average Bonchev–Trinajstić information content (AvgIpc) is 2.59. The normalized spacial score (nSPS) is 11.0. The summed E-state index contributed by atoms with van der Waals surface area (Å²) < 4.78 is 1.18. The Morgan fingerprint density at radius 3 is 2.64 bits per heavy atom. The molecule has 6 nitrogen and oxygen atoms in total. The van der Waals surface area contributed by atoms with Crippen molar-refractivity contribution in [3.8, 4) is 11.9 Å². The minimum atomic E-state index is -0.471. The standard InChI is InChI=1S/C18H19ClN4O2/c1-3-4-7-10-23-17(24)13(11-20)12(2)16(18(23)25)22-21-15-9-6-5-8-14(15)19/h5-6,8-9,24H,3-4,7,10H2,1-2H3. The fraction of sp³-hybridized carbons (Fsp3) is 0.333. The predicted octanol–water partition coefficient (Wildman–Crippen LogP) is 4.99. The van der Waals surface area contributed by atoms with Gasteiger partial charge in [0.15, 0.2) is 5.69 Å². The number of azo groups is 1. The molecular weight excluding hydrogens is 340 g/mol. The van der Waals surface area contributed by atoms with Crippen LogP contribution in [0.4, 0.5) is 11.4 Å². The quantitative estimate of drug-likeness (QED) is 0.582. The van der Waals surface area contributed by atoms with Crippen LogP contribution in [0.5, 0.6) is 5.88 Å². The Morgan fingerprint density at radius 1 is 1.28 bits per heavy atom. The van der Waals surface area contributed by atoms with Crippen molar-refractivity contribution < 1.29 is 5.11 Å². The van der Waals surface area contributed by atoms with Crippen molar-refractivity contribution in [2.75, 3.05) is 0 Å². The summed E-state index contributed by atoms with van der Waals surface area (Å²) in [6, 6.07) is 8.80. The number of pyridine rings is 1. The van der Waals surface area contributed by atoms with Gasteiger partial charge in [0.2, 0.25) is 5.88 Å². The molecule has 0 spiro atoms. The molecule has 0 unspecified atom stereocenters. The molecule has 0 aliphatic heterocycles. The maximum Gasteiger partial charge on any atom is 0.281 e. The molecule has 0 bridgehead atoms. The number of rotatable bonds is 6. The molecule has 1 N–H and O–H groups in total. The van der Waals surface area contributed by atoms with Crippen molar-refractivity contribution in [2.45, 2.75) is 39.7 Å². The average molecular weight is 359 g/mol. The zero-order valence-corrected chi connectivity index (χ0v) is 14.9. The second-order valence-corrected chi connectivity index (χ2v) is 6.01. The lowest BCUT2D eigenvalue weighted by Crippen LogP contribution is -2.22. The Kier molecular flexibility index (Phi) is 6.31. The summed E-state index contributed by atoms with van der Waals surface area (Å²) in [4.78, 5) is 12.7. The van der Waals surface area contributed by atoms with Gasteiger partial charge in [-0.3, -0.25) is 9.36 Å². The molecule has 0 aliphatic rings. The van der Waals surface area contributed by atoms with E-state index in [4.69, 9.17) is 11.6 Å². The van der Waals surface area contributed by atoms with Crippen molar-refractivity contribution >= 4 is 23.0 Å². The first-order valence-electron chi connectivity index (χ1n) is 8.04. The predicted molar refractivity (Wildman–Crippen MR) is 97.0 cm³/mol. The van der Waals surface area contributed by atoms with E-state index in [2.05, 4.69) is 10.2 Å². The van der Waals surface area contributed by atoms with E-state index in [1.54, 1.807) is 31.2 Å². The molecule has 0 fully saturated rings. The van der Waals surface area contributed by atoms with Crippen LogP contribution >= 0.6 is 11.6 Å². The maximum atomic E-state index is 12.7. The van der Waals surface area contributed by atoms with Gasteiger partial charge in [-0.15, -0.1) is 10.2 Å². The molecule has 0 radical (unpaired) electrons. The summed E-state index contributed by atoms with van der Waals surface area (Å²) in [6.07, 6.45) is 2.61. The third-order valence-electron chi connectivity index (χ3n) is 3.86. The first kappa shape index (κ1) is 18.7. The SMILES string of the molecule is CCCCCn1c(O)c(C#N)c(C)c(N=Nc2ccccc2Cl)c1=O. The van der Waals surface area contributed by atoms with Crippen molar-refractivity contribution in [1.82, 2.24) is 4.57 Å². The molecule has 1 aromatic heterocycles. The van der Waals surface area contributed by atoms with E-state index in [0.717, 1.165) is 19.3 Å². The Hall–Kier alpha value is -2.65. The number of hydrogen-bond acceptors (Lipinski definition) is 5. The number of benzene rings is 1. The number of aromatic hydroxyl groups is 1. The molecule has 0 aliphatic carbocycles. The number of hydrogen-bond donors (Lipinski definition) is 1. The van der Waals surface area contributed by atoms with E-state index in [1.165, 1.54) is 4.57 Å². The lowest BCUT2D eigenvalue weighted by atomic mass is 10.1. The molecule has 0 saturated heterocycles. The molecule has 25 heavy (non-hydrogen) atoms. The summed E-state index contributed by atoms with van der Waals surface area (Å²) >= 11 is 6.04. The molecule has 0 saturated carbocycles. The van der Waals surface area contributed by atoms with Gasteiger partial charge in [0.1, 0.15) is 17.3 Å². The molecule has 1 aromatic carbocycles. The fourth-order valence-corrected chi connectivity index (χ4v) is 2.59. The first-order chi connectivity index (χ1) is 12.0. The van der Waals surface area contributed by atoms with E-state index in [1.807, 2.05) is 13.0 Å². The smallest absolute Gasteiger partial charge is 0.281 e. The van der Waals surface area contributed by atoms with Crippen molar-refractivity contribution in [2.24, 2.45) is 10.2 Å². The Morgan fingerprint density at radius 2 is 2.00 bits per heavy atom. The molecule has 0 amide bonds. The Balaban J connectivity index is 2.54. The molecule has 2 aromatic rings. The van der Waals surface area contributed by atoms with Crippen LogP contribution in [0, 0.1) is 18.3 Å². The largest absolute Gasteiger partial charge is 0.493 e. The first-order valence-corrected chi connectivity index (χ1v) is 8.41. The third-order valence-corrected chi connectivity index (χ3v) is 4.18. The van der Waals surface area contributed by atoms with Crippen LogP contribution in [0.15, 0.2) is 39.3 Å². The van der Waals surface area contributed by atoms with Crippen LogP contribution in [0.3, 0.4) is 0 Å². The summed E-state index contributed by atoms with van der Waals surface area (Å²) in [7, 11) is 0. The summed E-state index contributed by atoms with van der Waals surface area (Å²) in [5.41, 5.74) is 0.315. The van der Waals surface area contributed by atoms with Crippen molar-refractivity contribution in [3.05, 3.63) is 50.8 Å². The van der Waals surface area contributed by atoms with Crippen molar-refractivity contribution in [3.63, 3.8) is 0 Å². The van der Waals surface area contributed by atoms with Gasteiger partial charge in [-0.25, -0.2) is 0 Å². The highest BCUT2D eigenvalue weighted by Gasteiger charge is 2.19. The monoisotopic (exact) mass is 358 g/mol. The van der Waals surface area contributed by atoms with E-state index >= 15 is 0 Å². The van der Waals surface area contributed by atoms with Crippen LogP contribution in [-0.4, -0.2) is 9.67 Å². The number of unbranched alkanes of at least 4 members (excludes halogenated alkanes) is 2. The van der Waals surface area contributed by atoms with Gasteiger partial charge in [-0.1, -0.05) is 43.5 Å². The highest BCUT2D eigenvalue weighted by atomic mass is 35.5. The highest BCUT2D eigenvalue weighted by Crippen LogP contribution is 2.29. The summed E-state index contributed by atoms with van der Waals surface area (Å²) in [5.74, 6) is -0.321. The maximum absolute atomic E-state index is 12.7. The van der Waals surface area contributed by atoms with Gasteiger partial charge >= 0.3 is 0 Å². The highest BCUT2D eigenvalue weighted by molar-refractivity contribution is 6.32. The molecule has 0 atom stereocenters. The molecule has 130 valence electrons. The fourth-order valence-electron chi connectivity index (χ4n) is 2.42. The summed E-state index contributed by atoms with van der Waals surface area (Å²) in [5, 5.41) is 28.0. The molecule has 1 heterocycles. The number of aromatic nitrogens is 1. The van der Waals surface area contributed by atoms with Gasteiger partial charge in [-0.05, 0) is 25.5 Å². The van der Waals surface area contributed by atoms with Gasteiger partial charge in [0, 0.05) is 12.1 Å². The van der Waals surface area contributed by atoms with Crippen LogP contribution in [0.2, 0.25) is 5.02 Å². The third kappa shape index (κ3) is 4.06. The summed E-state index contributed by atoms with van der Waals surface area (Å²) in [6.45, 7) is 3.93. The van der Waals surface area contributed by atoms with Crippen LogP contribution in [-0.2, 0) is 6.54 Å². The minimum Gasteiger partial charge on any atom is -0.493 e. The lowest BCUT2D eigenvalue weighted by molar-refractivity contribution is 0.398. The second kappa shape index (κ2) is 8.45. The number of halogens is 1. The topological polar surface area (TPSA) is 90.7 Å². The van der Waals surface area contributed by atoms with E-state index in [9.17, 15) is 15.2 Å². The number of nitrogens with zero attached hydrogens (tertiary/aromatic N) is 4. The Labute approximate surface area is 151 Å². The minimum absolute atomic E-state index is 0.0317. The molecular formula is C18H19ClN4O2.